The van der Waals surface area contributed by atoms with Crippen LogP contribution in [0.15, 0.2) is 47.8 Å². The van der Waals surface area contributed by atoms with Gasteiger partial charge in [0.05, 0.1) is 22.9 Å². The fourth-order valence-electron chi connectivity index (χ4n) is 4.40. The van der Waals surface area contributed by atoms with Gasteiger partial charge in [0.1, 0.15) is 5.65 Å². The molecule has 3 aromatic heterocycles. The fraction of sp³-hybridized carbons (Fsp3) is 0.348. The number of likely N-dealkylation sites (tertiary alicyclic amines) is 1. The Morgan fingerprint density at radius 3 is 2.66 bits per heavy atom. The summed E-state index contributed by atoms with van der Waals surface area (Å²) in [5.74, 6) is 0. The van der Waals surface area contributed by atoms with Gasteiger partial charge in [0, 0.05) is 24.0 Å². The SMILES string of the molecule is Cc1cn2cc(-c3ccc4c(=O)n(C5CCN(C)CC5)cnc4c3)c(C)cc2n1. The van der Waals surface area contributed by atoms with Crippen LogP contribution in [0, 0.1) is 13.8 Å². The van der Waals surface area contributed by atoms with E-state index in [1.54, 1.807) is 6.33 Å². The van der Waals surface area contributed by atoms with Crippen molar-refractivity contribution in [1.82, 2.24) is 23.8 Å². The lowest BCUT2D eigenvalue weighted by molar-refractivity contribution is 0.218. The van der Waals surface area contributed by atoms with Crippen molar-refractivity contribution in [3.05, 3.63) is 64.6 Å². The van der Waals surface area contributed by atoms with Crippen molar-refractivity contribution in [2.24, 2.45) is 0 Å². The third-order valence-corrected chi connectivity index (χ3v) is 6.10. The molecule has 0 atom stereocenters. The second-order valence-electron chi connectivity index (χ2n) is 8.24. The zero-order valence-electron chi connectivity index (χ0n) is 17.1. The second-order valence-corrected chi connectivity index (χ2v) is 8.24. The van der Waals surface area contributed by atoms with Crippen molar-refractivity contribution < 1.29 is 0 Å². The van der Waals surface area contributed by atoms with Crippen LogP contribution in [0.25, 0.3) is 27.7 Å². The molecule has 0 unspecified atom stereocenters. The standard InChI is InChI=1S/C23H25N5O/c1-15-10-22-25-16(2)12-27(22)13-20(15)17-4-5-19-21(11-17)24-14-28(23(19)29)18-6-8-26(3)9-7-18/h4-5,10-14,18H,6-9H2,1-3H3. The highest BCUT2D eigenvalue weighted by atomic mass is 16.1. The quantitative estimate of drug-likeness (QED) is 0.527. The molecule has 6 heteroatoms. The van der Waals surface area contributed by atoms with Gasteiger partial charge >= 0.3 is 0 Å². The highest BCUT2D eigenvalue weighted by molar-refractivity contribution is 5.84. The van der Waals surface area contributed by atoms with E-state index < -0.39 is 0 Å². The number of piperidine rings is 1. The highest BCUT2D eigenvalue weighted by Crippen LogP contribution is 2.27. The lowest BCUT2D eigenvalue weighted by atomic mass is 10.0. The molecular formula is C23H25N5O. The Kier molecular flexibility index (Phi) is 4.24. The Hall–Kier alpha value is -2.99. The summed E-state index contributed by atoms with van der Waals surface area (Å²) in [4.78, 5) is 24.6. The van der Waals surface area contributed by atoms with Crippen LogP contribution < -0.4 is 5.56 Å². The lowest BCUT2D eigenvalue weighted by Gasteiger charge is -2.30. The van der Waals surface area contributed by atoms with Gasteiger partial charge in [0.25, 0.3) is 5.56 Å². The Morgan fingerprint density at radius 2 is 1.86 bits per heavy atom. The monoisotopic (exact) mass is 387 g/mol. The van der Waals surface area contributed by atoms with E-state index in [2.05, 4.69) is 41.1 Å². The number of benzene rings is 1. The number of nitrogens with zero attached hydrogens (tertiary/aromatic N) is 5. The van der Waals surface area contributed by atoms with E-state index in [1.165, 1.54) is 0 Å². The summed E-state index contributed by atoms with van der Waals surface area (Å²) in [6.07, 6.45) is 7.85. The van der Waals surface area contributed by atoms with E-state index >= 15 is 0 Å². The summed E-state index contributed by atoms with van der Waals surface area (Å²) in [5, 5.41) is 0.687. The molecule has 0 aliphatic carbocycles. The molecule has 0 radical (unpaired) electrons. The van der Waals surface area contributed by atoms with Gasteiger partial charge < -0.3 is 9.30 Å². The molecule has 1 fully saturated rings. The largest absolute Gasteiger partial charge is 0.306 e. The predicted molar refractivity (Wildman–Crippen MR) is 115 cm³/mol. The van der Waals surface area contributed by atoms with Crippen LogP contribution in [0.3, 0.4) is 0 Å². The number of hydrogen-bond acceptors (Lipinski definition) is 4. The van der Waals surface area contributed by atoms with Gasteiger partial charge in [-0.3, -0.25) is 9.36 Å². The summed E-state index contributed by atoms with van der Waals surface area (Å²) < 4.78 is 3.88. The Morgan fingerprint density at radius 1 is 1.07 bits per heavy atom. The summed E-state index contributed by atoms with van der Waals surface area (Å²) in [7, 11) is 2.13. The van der Waals surface area contributed by atoms with E-state index in [4.69, 9.17) is 0 Å². The number of aryl methyl sites for hydroxylation is 2. The van der Waals surface area contributed by atoms with Crippen molar-refractivity contribution in [1.29, 1.82) is 0 Å². The first-order chi connectivity index (χ1) is 14.0. The molecule has 0 N–H and O–H groups in total. The van der Waals surface area contributed by atoms with Crippen LogP contribution in [-0.2, 0) is 0 Å². The number of aromatic nitrogens is 4. The number of fused-ring (bicyclic) bond motifs is 2. The molecule has 29 heavy (non-hydrogen) atoms. The number of pyridine rings is 1. The van der Waals surface area contributed by atoms with Gasteiger partial charge in [0.15, 0.2) is 0 Å². The van der Waals surface area contributed by atoms with E-state index in [-0.39, 0.29) is 11.6 Å². The summed E-state index contributed by atoms with van der Waals surface area (Å²) in [5.41, 5.74) is 6.10. The number of hydrogen-bond donors (Lipinski definition) is 0. The Bertz CT molecular complexity index is 1280. The van der Waals surface area contributed by atoms with Gasteiger partial charge in [-0.1, -0.05) is 6.07 Å². The van der Waals surface area contributed by atoms with E-state index in [0.29, 0.717) is 5.39 Å². The van der Waals surface area contributed by atoms with Crippen LogP contribution in [-0.4, -0.2) is 44.0 Å². The van der Waals surface area contributed by atoms with Crippen LogP contribution >= 0.6 is 0 Å². The van der Waals surface area contributed by atoms with Crippen molar-refractivity contribution in [3.8, 4) is 11.1 Å². The Balaban J connectivity index is 1.57. The van der Waals surface area contributed by atoms with Crippen molar-refractivity contribution in [2.45, 2.75) is 32.7 Å². The van der Waals surface area contributed by atoms with Crippen molar-refractivity contribution in [2.75, 3.05) is 20.1 Å². The lowest BCUT2D eigenvalue weighted by Crippen LogP contribution is -2.35. The molecule has 0 saturated carbocycles. The van der Waals surface area contributed by atoms with Gasteiger partial charge in [-0.05, 0) is 76.2 Å². The van der Waals surface area contributed by atoms with Crippen molar-refractivity contribution >= 4 is 16.6 Å². The topological polar surface area (TPSA) is 55.4 Å². The van der Waals surface area contributed by atoms with Crippen LogP contribution in [0.5, 0.6) is 0 Å². The average molecular weight is 387 g/mol. The first-order valence-corrected chi connectivity index (χ1v) is 10.2. The average Bonchev–Trinajstić information content (AvgIpc) is 3.07. The Labute approximate surface area is 169 Å². The van der Waals surface area contributed by atoms with Crippen LogP contribution in [0.2, 0.25) is 0 Å². The van der Waals surface area contributed by atoms with Crippen LogP contribution in [0.4, 0.5) is 0 Å². The molecule has 4 heterocycles. The smallest absolute Gasteiger partial charge is 0.261 e. The molecule has 148 valence electrons. The van der Waals surface area contributed by atoms with Gasteiger partial charge in [-0.2, -0.15) is 0 Å². The van der Waals surface area contributed by atoms with Crippen molar-refractivity contribution in [3.63, 3.8) is 0 Å². The third kappa shape index (κ3) is 3.13. The molecule has 1 aromatic carbocycles. The fourth-order valence-corrected chi connectivity index (χ4v) is 4.40. The summed E-state index contributed by atoms with van der Waals surface area (Å²) >= 11 is 0. The second kappa shape index (κ2) is 6.81. The zero-order valence-corrected chi connectivity index (χ0v) is 17.1. The maximum absolute atomic E-state index is 13.1. The first kappa shape index (κ1) is 18.1. The molecule has 1 saturated heterocycles. The molecule has 0 bridgehead atoms. The molecule has 1 aliphatic heterocycles. The van der Waals surface area contributed by atoms with Gasteiger partial charge in [0.2, 0.25) is 0 Å². The highest BCUT2D eigenvalue weighted by Gasteiger charge is 2.20. The number of rotatable bonds is 2. The van der Waals surface area contributed by atoms with Gasteiger partial charge in [-0.25, -0.2) is 9.97 Å². The minimum absolute atomic E-state index is 0.0634. The number of imidazole rings is 1. The summed E-state index contributed by atoms with van der Waals surface area (Å²) in [6.45, 7) is 6.12. The molecular weight excluding hydrogens is 362 g/mol. The molecule has 6 nitrogen and oxygen atoms in total. The van der Waals surface area contributed by atoms with E-state index in [9.17, 15) is 4.79 Å². The molecule has 0 amide bonds. The third-order valence-electron chi connectivity index (χ3n) is 6.10. The normalized spacial score (nSPS) is 16.1. The zero-order chi connectivity index (χ0) is 20.1. The molecule has 0 spiro atoms. The van der Waals surface area contributed by atoms with Crippen LogP contribution in [0.1, 0.15) is 30.1 Å². The molecule has 4 aromatic rings. The van der Waals surface area contributed by atoms with E-state index in [0.717, 1.165) is 59.5 Å². The minimum atomic E-state index is 0.0634. The van der Waals surface area contributed by atoms with E-state index in [1.807, 2.05) is 40.3 Å². The first-order valence-electron chi connectivity index (χ1n) is 10.2. The maximum atomic E-state index is 13.1. The van der Waals surface area contributed by atoms with Gasteiger partial charge in [-0.15, -0.1) is 0 Å². The summed E-state index contributed by atoms with van der Waals surface area (Å²) in [6, 6.07) is 8.31. The predicted octanol–water partition coefficient (Wildman–Crippen LogP) is 3.59. The molecule has 1 aliphatic rings. The molecule has 5 rings (SSSR count). The minimum Gasteiger partial charge on any atom is -0.306 e. The maximum Gasteiger partial charge on any atom is 0.261 e.